The molecule has 0 radical (unpaired) electrons. The van der Waals surface area contributed by atoms with E-state index in [1.54, 1.807) is 0 Å². The van der Waals surface area contributed by atoms with Gasteiger partial charge in [-0.1, -0.05) is 17.7 Å². The summed E-state index contributed by atoms with van der Waals surface area (Å²) < 4.78 is 0. The Balaban J connectivity index is 1.58. The standard InChI is InChI=1S/C17H22N2O2/c1-12-4-8-15(9-5-12)18-16(20)14-3-2-10-19(11-14)17(21)13-6-7-13/h4-5,8-9,13-14H,2-3,6-7,10-11H2,1H3,(H,18,20)/t14-/m1/s1. The van der Waals surface area contributed by atoms with Crippen molar-refractivity contribution in [2.75, 3.05) is 18.4 Å². The molecule has 1 N–H and O–H groups in total. The number of likely N-dealkylation sites (tertiary alicyclic amines) is 1. The van der Waals surface area contributed by atoms with E-state index in [1.807, 2.05) is 36.1 Å². The van der Waals surface area contributed by atoms with Gasteiger partial charge in [-0.15, -0.1) is 0 Å². The summed E-state index contributed by atoms with van der Waals surface area (Å²) >= 11 is 0. The molecular weight excluding hydrogens is 264 g/mol. The van der Waals surface area contributed by atoms with E-state index < -0.39 is 0 Å². The molecule has 2 fully saturated rings. The Morgan fingerprint density at radius 1 is 1.10 bits per heavy atom. The number of benzene rings is 1. The zero-order chi connectivity index (χ0) is 14.8. The first-order valence-corrected chi connectivity index (χ1v) is 7.80. The van der Waals surface area contributed by atoms with Crippen molar-refractivity contribution in [3.8, 4) is 0 Å². The summed E-state index contributed by atoms with van der Waals surface area (Å²) in [6, 6.07) is 7.81. The molecule has 1 aliphatic heterocycles. The molecule has 0 spiro atoms. The zero-order valence-corrected chi connectivity index (χ0v) is 12.5. The number of piperidine rings is 1. The highest BCUT2D eigenvalue weighted by atomic mass is 16.2. The number of nitrogens with one attached hydrogen (secondary N) is 1. The second-order valence-corrected chi connectivity index (χ2v) is 6.25. The van der Waals surface area contributed by atoms with Crippen LogP contribution >= 0.6 is 0 Å². The molecule has 0 unspecified atom stereocenters. The highest BCUT2D eigenvalue weighted by Gasteiger charge is 2.36. The second kappa shape index (κ2) is 5.88. The third-order valence-corrected chi connectivity index (χ3v) is 4.35. The van der Waals surface area contributed by atoms with Gasteiger partial charge in [-0.3, -0.25) is 9.59 Å². The van der Waals surface area contributed by atoms with Gasteiger partial charge < -0.3 is 10.2 Å². The van der Waals surface area contributed by atoms with Crippen LogP contribution in [-0.2, 0) is 9.59 Å². The fourth-order valence-corrected chi connectivity index (χ4v) is 2.86. The van der Waals surface area contributed by atoms with Crippen molar-refractivity contribution in [1.82, 2.24) is 4.90 Å². The van der Waals surface area contributed by atoms with Gasteiger partial charge in [-0.25, -0.2) is 0 Å². The highest BCUT2D eigenvalue weighted by molar-refractivity contribution is 5.93. The largest absolute Gasteiger partial charge is 0.342 e. The van der Waals surface area contributed by atoms with Crippen molar-refractivity contribution < 1.29 is 9.59 Å². The van der Waals surface area contributed by atoms with Crippen LogP contribution in [0, 0.1) is 18.8 Å². The van der Waals surface area contributed by atoms with Crippen molar-refractivity contribution in [2.24, 2.45) is 11.8 Å². The van der Waals surface area contributed by atoms with Crippen molar-refractivity contribution in [3.63, 3.8) is 0 Å². The average Bonchev–Trinajstić information content (AvgIpc) is 3.34. The zero-order valence-electron chi connectivity index (χ0n) is 12.5. The van der Waals surface area contributed by atoms with E-state index in [0.717, 1.165) is 37.9 Å². The van der Waals surface area contributed by atoms with Crippen LogP contribution in [0.15, 0.2) is 24.3 Å². The lowest BCUT2D eigenvalue weighted by atomic mass is 9.96. The van der Waals surface area contributed by atoms with Gasteiger partial charge in [0.2, 0.25) is 11.8 Å². The number of amides is 2. The molecule has 1 aliphatic carbocycles. The Morgan fingerprint density at radius 3 is 2.48 bits per heavy atom. The topological polar surface area (TPSA) is 49.4 Å². The summed E-state index contributed by atoms with van der Waals surface area (Å²) in [6.45, 7) is 3.41. The van der Waals surface area contributed by atoms with Crippen LogP contribution in [0.4, 0.5) is 5.69 Å². The Hall–Kier alpha value is -1.84. The van der Waals surface area contributed by atoms with Crippen molar-refractivity contribution >= 4 is 17.5 Å². The monoisotopic (exact) mass is 286 g/mol. The van der Waals surface area contributed by atoms with E-state index in [0.29, 0.717) is 6.54 Å². The number of anilines is 1. The average molecular weight is 286 g/mol. The quantitative estimate of drug-likeness (QED) is 0.928. The normalized spacial score (nSPS) is 22.0. The summed E-state index contributed by atoms with van der Waals surface area (Å²) in [5.74, 6) is 0.446. The molecule has 1 aromatic rings. The number of carbonyl (C=O) groups is 2. The van der Waals surface area contributed by atoms with Crippen LogP contribution < -0.4 is 5.32 Å². The van der Waals surface area contributed by atoms with Gasteiger partial charge in [-0.2, -0.15) is 0 Å². The minimum Gasteiger partial charge on any atom is -0.342 e. The highest BCUT2D eigenvalue weighted by Crippen LogP contribution is 2.32. The molecule has 21 heavy (non-hydrogen) atoms. The molecule has 4 heteroatoms. The lowest BCUT2D eigenvalue weighted by Gasteiger charge is -2.32. The van der Waals surface area contributed by atoms with Crippen molar-refractivity contribution in [2.45, 2.75) is 32.6 Å². The maximum Gasteiger partial charge on any atom is 0.229 e. The SMILES string of the molecule is Cc1ccc(NC(=O)[C@@H]2CCCN(C(=O)C3CC3)C2)cc1. The molecule has 0 aromatic heterocycles. The van der Waals surface area contributed by atoms with Crippen LogP contribution in [-0.4, -0.2) is 29.8 Å². The number of carbonyl (C=O) groups excluding carboxylic acids is 2. The predicted molar refractivity (Wildman–Crippen MR) is 81.8 cm³/mol. The molecule has 112 valence electrons. The van der Waals surface area contributed by atoms with Crippen LogP contribution in [0.5, 0.6) is 0 Å². The fraction of sp³-hybridized carbons (Fsp3) is 0.529. The van der Waals surface area contributed by atoms with E-state index >= 15 is 0 Å². The summed E-state index contributed by atoms with van der Waals surface area (Å²) in [7, 11) is 0. The first-order chi connectivity index (χ1) is 10.1. The van der Waals surface area contributed by atoms with Gasteiger partial charge in [0.05, 0.1) is 5.92 Å². The lowest BCUT2D eigenvalue weighted by molar-refractivity contribution is -0.135. The van der Waals surface area contributed by atoms with Crippen LogP contribution in [0.25, 0.3) is 0 Å². The summed E-state index contributed by atoms with van der Waals surface area (Å²) in [5, 5.41) is 2.97. The maximum atomic E-state index is 12.4. The Kier molecular flexibility index (Phi) is 3.95. The third kappa shape index (κ3) is 3.43. The molecule has 4 nitrogen and oxygen atoms in total. The minimum absolute atomic E-state index is 0.0344. The fourth-order valence-electron chi connectivity index (χ4n) is 2.86. The smallest absolute Gasteiger partial charge is 0.229 e. The van der Waals surface area contributed by atoms with Gasteiger partial charge in [0.15, 0.2) is 0 Å². The number of rotatable bonds is 3. The van der Waals surface area contributed by atoms with E-state index in [9.17, 15) is 9.59 Å². The minimum atomic E-state index is -0.0808. The summed E-state index contributed by atoms with van der Waals surface area (Å²) in [5.41, 5.74) is 2.00. The van der Waals surface area contributed by atoms with Crippen molar-refractivity contribution in [1.29, 1.82) is 0 Å². The maximum absolute atomic E-state index is 12.4. The van der Waals surface area contributed by atoms with Gasteiger partial charge in [-0.05, 0) is 44.7 Å². The van der Waals surface area contributed by atoms with E-state index in [1.165, 1.54) is 5.56 Å². The number of hydrogen-bond donors (Lipinski definition) is 1. The van der Waals surface area contributed by atoms with E-state index in [4.69, 9.17) is 0 Å². The molecule has 2 aliphatic rings. The van der Waals surface area contributed by atoms with Gasteiger partial charge in [0.1, 0.15) is 0 Å². The van der Waals surface area contributed by atoms with Gasteiger partial charge in [0.25, 0.3) is 0 Å². The molecule has 2 amide bonds. The Labute approximate surface area is 125 Å². The van der Waals surface area contributed by atoms with E-state index in [2.05, 4.69) is 5.32 Å². The van der Waals surface area contributed by atoms with Gasteiger partial charge in [0, 0.05) is 24.7 Å². The molecule has 1 atom stereocenters. The molecule has 1 aromatic carbocycles. The molecule has 1 saturated heterocycles. The van der Waals surface area contributed by atoms with Gasteiger partial charge >= 0.3 is 0 Å². The van der Waals surface area contributed by atoms with Crippen LogP contribution in [0.2, 0.25) is 0 Å². The molecular formula is C17H22N2O2. The van der Waals surface area contributed by atoms with Crippen LogP contribution in [0.3, 0.4) is 0 Å². The van der Waals surface area contributed by atoms with Crippen molar-refractivity contribution in [3.05, 3.63) is 29.8 Å². The van der Waals surface area contributed by atoms with E-state index in [-0.39, 0.29) is 23.7 Å². The molecule has 1 saturated carbocycles. The number of nitrogens with zero attached hydrogens (tertiary/aromatic N) is 1. The van der Waals surface area contributed by atoms with Crippen LogP contribution in [0.1, 0.15) is 31.2 Å². The Morgan fingerprint density at radius 2 is 1.81 bits per heavy atom. The third-order valence-electron chi connectivity index (χ3n) is 4.35. The molecule has 0 bridgehead atoms. The summed E-state index contributed by atoms with van der Waals surface area (Å²) in [4.78, 5) is 26.4. The summed E-state index contributed by atoms with van der Waals surface area (Å²) in [6.07, 6.45) is 3.84. The first kappa shape index (κ1) is 14.1. The predicted octanol–water partition coefficient (Wildman–Crippen LogP) is 2.58. The Bertz CT molecular complexity index is 534. The number of aryl methyl sites for hydroxylation is 1. The lowest BCUT2D eigenvalue weighted by Crippen LogP contribution is -2.44. The molecule has 1 heterocycles. The number of hydrogen-bond acceptors (Lipinski definition) is 2. The first-order valence-electron chi connectivity index (χ1n) is 7.80. The second-order valence-electron chi connectivity index (χ2n) is 6.25. The molecule has 3 rings (SSSR count).